The molecule has 0 bridgehead atoms. The zero-order valence-corrected chi connectivity index (χ0v) is 15.6. The third kappa shape index (κ3) is 3.86. The second-order valence-corrected chi connectivity index (χ2v) is 6.64. The van der Waals surface area contributed by atoms with Crippen molar-refractivity contribution in [2.45, 2.75) is 6.42 Å². The first kappa shape index (κ1) is 17.3. The van der Waals surface area contributed by atoms with Crippen molar-refractivity contribution in [2.24, 2.45) is 0 Å². The Morgan fingerprint density at radius 1 is 0.889 bits per heavy atom. The van der Waals surface area contributed by atoms with E-state index in [9.17, 15) is 0 Å². The molecule has 0 unspecified atom stereocenters. The van der Waals surface area contributed by atoms with Crippen molar-refractivity contribution in [3.8, 4) is 5.75 Å². The van der Waals surface area contributed by atoms with Gasteiger partial charge in [-0.1, -0.05) is 54.1 Å². The van der Waals surface area contributed by atoms with Gasteiger partial charge in [0.1, 0.15) is 5.75 Å². The van der Waals surface area contributed by atoms with Crippen molar-refractivity contribution >= 4 is 33.9 Å². The minimum Gasteiger partial charge on any atom is -0.497 e. The molecule has 0 aliphatic rings. The summed E-state index contributed by atoms with van der Waals surface area (Å²) in [5.74, 6) is 1.56. The predicted octanol–water partition coefficient (Wildman–Crippen LogP) is 5.63. The summed E-state index contributed by atoms with van der Waals surface area (Å²) < 4.78 is 5.22. The van der Waals surface area contributed by atoms with E-state index in [1.807, 2.05) is 60.7 Å². The van der Waals surface area contributed by atoms with Crippen LogP contribution in [0.1, 0.15) is 11.3 Å². The Balaban J connectivity index is 1.69. The molecule has 4 aromatic rings. The molecule has 4 rings (SSSR count). The zero-order chi connectivity index (χ0) is 18.6. The van der Waals surface area contributed by atoms with Crippen LogP contribution in [0.5, 0.6) is 5.75 Å². The van der Waals surface area contributed by atoms with Crippen molar-refractivity contribution < 1.29 is 4.74 Å². The highest BCUT2D eigenvalue weighted by Gasteiger charge is 2.10. The van der Waals surface area contributed by atoms with Gasteiger partial charge in [0.05, 0.1) is 12.8 Å². The van der Waals surface area contributed by atoms with Crippen molar-refractivity contribution in [3.63, 3.8) is 0 Å². The first-order valence-corrected chi connectivity index (χ1v) is 9.00. The lowest BCUT2D eigenvalue weighted by Gasteiger charge is -2.11. The maximum absolute atomic E-state index is 6.08. The number of halogens is 1. The maximum atomic E-state index is 6.08. The largest absolute Gasteiger partial charge is 0.497 e. The molecule has 4 nitrogen and oxygen atoms in total. The van der Waals surface area contributed by atoms with E-state index in [0.29, 0.717) is 17.3 Å². The summed E-state index contributed by atoms with van der Waals surface area (Å²) in [6.07, 6.45) is 0.703. The smallest absolute Gasteiger partial charge is 0.160 e. The van der Waals surface area contributed by atoms with Gasteiger partial charge < -0.3 is 10.1 Å². The molecule has 27 heavy (non-hydrogen) atoms. The third-order valence-corrected chi connectivity index (χ3v) is 4.62. The lowest BCUT2D eigenvalue weighted by Crippen LogP contribution is -2.02. The summed E-state index contributed by atoms with van der Waals surface area (Å²) in [5.41, 5.74) is 2.98. The highest BCUT2D eigenvalue weighted by Crippen LogP contribution is 2.28. The van der Waals surface area contributed by atoms with E-state index in [-0.39, 0.29) is 0 Å². The average Bonchev–Trinajstić information content (AvgIpc) is 2.70. The summed E-state index contributed by atoms with van der Waals surface area (Å²) in [7, 11) is 1.67. The number of hydrogen-bond acceptors (Lipinski definition) is 4. The van der Waals surface area contributed by atoms with Crippen molar-refractivity contribution in [2.75, 3.05) is 12.4 Å². The average molecular weight is 376 g/mol. The molecule has 0 aliphatic heterocycles. The predicted molar refractivity (Wildman–Crippen MR) is 110 cm³/mol. The minimum absolute atomic E-state index is 0.674. The van der Waals surface area contributed by atoms with Crippen molar-refractivity contribution in [3.05, 3.63) is 89.1 Å². The van der Waals surface area contributed by atoms with Gasteiger partial charge in [-0.25, -0.2) is 0 Å². The number of benzene rings is 3. The van der Waals surface area contributed by atoms with Crippen LogP contribution in [0.15, 0.2) is 72.8 Å². The minimum atomic E-state index is 0.674. The Morgan fingerprint density at radius 2 is 1.67 bits per heavy atom. The van der Waals surface area contributed by atoms with E-state index in [4.69, 9.17) is 16.3 Å². The molecule has 0 fully saturated rings. The van der Waals surface area contributed by atoms with E-state index in [1.54, 1.807) is 7.11 Å². The monoisotopic (exact) mass is 375 g/mol. The molecule has 1 N–H and O–H groups in total. The number of aromatic nitrogens is 2. The van der Waals surface area contributed by atoms with Crippen LogP contribution in [0.3, 0.4) is 0 Å². The second kappa shape index (κ2) is 7.64. The fourth-order valence-electron chi connectivity index (χ4n) is 3.02. The van der Waals surface area contributed by atoms with Crippen molar-refractivity contribution in [1.82, 2.24) is 10.2 Å². The molecule has 1 aromatic heterocycles. The zero-order valence-electron chi connectivity index (χ0n) is 14.8. The van der Waals surface area contributed by atoms with Crippen LogP contribution >= 0.6 is 11.6 Å². The number of rotatable bonds is 5. The molecule has 0 saturated carbocycles. The topological polar surface area (TPSA) is 47.0 Å². The molecular weight excluding hydrogens is 358 g/mol. The lowest BCUT2D eigenvalue weighted by molar-refractivity contribution is 0.414. The van der Waals surface area contributed by atoms with Crippen LogP contribution in [-0.2, 0) is 6.42 Å². The van der Waals surface area contributed by atoms with E-state index in [0.717, 1.165) is 33.5 Å². The summed E-state index contributed by atoms with van der Waals surface area (Å²) in [5, 5.41) is 15.0. The normalized spacial score (nSPS) is 10.7. The standard InChI is InChI=1S/C22H18ClN3O/c1-27-18-11-9-15(10-12-18)13-21-19-7-2-3-8-20(19)22(26-25-21)24-17-6-4-5-16(23)14-17/h2-12,14H,13H2,1H3,(H,24,26). The molecule has 0 amide bonds. The highest BCUT2D eigenvalue weighted by molar-refractivity contribution is 6.30. The van der Waals surface area contributed by atoms with E-state index in [2.05, 4.69) is 27.6 Å². The highest BCUT2D eigenvalue weighted by atomic mass is 35.5. The molecular formula is C22H18ClN3O. The van der Waals surface area contributed by atoms with Gasteiger partial charge in [0.25, 0.3) is 0 Å². The van der Waals surface area contributed by atoms with Gasteiger partial charge in [-0.2, -0.15) is 5.10 Å². The summed E-state index contributed by atoms with van der Waals surface area (Å²) in [6.45, 7) is 0. The molecule has 0 aliphatic carbocycles. The molecule has 0 saturated heterocycles. The fraction of sp³-hybridized carbons (Fsp3) is 0.0909. The van der Waals surface area contributed by atoms with Gasteiger partial charge in [-0.05, 0) is 35.9 Å². The number of nitrogens with one attached hydrogen (secondary N) is 1. The number of ether oxygens (including phenoxy) is 1. The van der Waals surface area contributed by atoms with Gasteiger partial charge in [0, 0.05) is 27.9 Å². The van der Waals surface area contributed by atoms with Crippen LogP contribution in [0.2, 0.25) is 5.02 Å². The van der Waals surface area contributed by atoms with Crippen LogP contribution in [0.25, 0.3) is 10.8 Å². The third-order valence-electron chi connectivity index (χ3n) is 4.38. The number of nitrogens with zero attached hydrogens (tertiary/aromatic N) is 2. The second-order valence-electron chi connectivity index (χ2n) is 6.20. The van der Waals surface area contributed by atoms with E-state index >= 15 is 0 Å². The number of methoxy groups -OCH3 is 1. The van der Waals surface area contributed by atoms with E-state index < -0.39 is 0 Å². The molecule has 0 atom stereocenters. The van der Waals surface area contributed by atoms with Gasteiger partial charge >= 0.3 is 0 Å². The Morgan fingerprint density at radius 3 is 2.41 bits per heavy atom. The van der Waals surface area contributed by atoms with Gasteiger partial charge in [0.15, 0.2) is 5.82 Å². The van der Waals surface area contributed by atoms with Crippen LogP contribution in [0, 0.1) is 0 Å². The Labute approximate surface area is 162 Å². The van der Waals surface area contributed by atoms with Crippen molar-refractivity contribution in [1.29, 1.82) is 0 Å². The first-order chi connectivity index (χ1) is 13.2. The maximum Gasteiger partial charge on any atom is 0.160 e. The number of anilines is 2. The van der Waals surface area contributed by atoms with Gasteiger partial charge in [0.2, 0.25) is 0 Å². The van der Waals surface area contributed by atoms with E-state index in [1.165, 1.54) is 0 Å². The number of fused-ring (bicyclic) bond motifs is 1. The van der Waals surface area contributed by atoms with Crippen LogP contribution in [-0.4, -0.2) is 17.3 Å². The first-order valence-electron chi connectivity index (χ1n) is 8.63. The van der Waals surface area contributed by atoms with Gasteiger partial charge in [-0.15, -0.1) is 5.10 Å². The summed E-state index contributed by atoms with van der Waals surface area (Å²) in [6, 6.07) is 23.7. The summed E-state index contributed by atoms with van der Waals surface area (Å²) in [4.78, 5) is 0. The Bertz CT molecular complexity index is 1080. The Kier molecular flexibility index (Phi) is 4.90. The molecule has 0 radical (unpaired) electrons. The molecule has 0 spiro atoms. The SMILES string of the molecule is COc1ccc(Cc2nnc(Nc3cccc(Cl)c3)c3ccccc23)cc1. The fourth-order valence-corrected chi connectivity index (χ4v) is 3.21. The molecule has 5 heteroatoms. The summed E-state index contributed by atoms with van der Waals surface area (Å²) >= 11 is 6.08. The molecule has 134 valence electrons. The molecule has 3 aromatic carbocycles. The van der Waals surface area contributed by atoms with Gasteiger partial charge in [-0.3, -0.25) is 0 Å². The lowest BCUT2D eigenvalue weighted by atomic mass is 10.0. The Hall–Kier alpha value is -3.11. The molecule has 1 heterocycles. The van der Waals surface area contributed by atoms with Crippen LogP contribution in [0.4, 0.5) is 11.5 Å². The number of hydrogen-bond donors (Lipinski definition) is 1. The quantitative estimate of drug-likeness (QED) is 0.491. The van der Waals surface area contributed by atoms with Crippen LogP contribution < -0.4 is 10.1 Å².